The van der Waals surface area contributed by atoms with Crippen molar-refractivity contribution in [1.82, 2.24) is 19.5 Å². The quantitative estimate of drug-likeness (QED) is 0.472. The van der Waals surface area contributed by atoms with E-state index in [2.05, 4.69) is 20.3 Å². The molecule has 2 aliphatic rings. The highest BCUT2D eigenvalue weighted by atomic mass is 32.1. The lowest BCUT2D eigenvalue weighted by Crippen LogP contribution is -2.48. The molecular formula is C25H23FN6O2S. The van der Waals surface area contributed by atoms with Gasteiger partial charge in [0.05, 0.1) is 11.9 Å². The number of imidazole rings is 1. The van der Waals surface area contributed by atoms with Crippen LogP contribution in [0.25, 0.3) is 16.2 Å². The number of anilines is 2. The first-order valence-electron chi connectivity index (χ1n) is 11.6. The second kappa shape index (κ2) is 8.77. The molecule has 0 radical (unpaired) electrons. The molecule has 1 N–H and O–H groups in total. The predicted octanol–water partition coefficient (Wildman–Crippen LogP) is 3.83. The molecule has 0 aliphatic carbocycles. The predicted molar refractivity (Wildman–Crippen MR) is 132 cm³/mol. The summed E-state index contributed by atoms with van der Waals surface area (Å²) in [6.07, 6.45) is 3.94. The number of fused-ring (bicyclic) bond motifs is 2. The molecule has 35 heavy (non-hydrogen) atoms. The summed E-state index contributed by atoms with van der Waals surface area (Å²) >= 11 is 1.50. The van der Waals surface area contributed by atoms with Crippen molar-refractivity contribution in [3.8, 4) is 11.3 Å². The van der Waals surface area contributed by atoms with Gasteiger partial charge in [0.25, 0.3) is 5.91 Å². The number of amides is 2. The molecule has 0 unspecified atom stereocenters. The molecule has 4 heterocycles. The number of nitrogens with zero attached hydrogens (tertiary/aromatic N) is 5. The van der Waals surface area contributed by atoms with Gasteiger partial charge in [0, 0.05) is 49.4 Å². The fourth-order valence-electron chi connectivity index (χ4n) is 4.57. The van der Waals surface area contributed by atoms with E-state index in [-0.39, 0.29) is 17.6 Å². The lowest BCUT2D eigenvalue weighted by Gasteiger charge is -2.34. The summed E-state index contributed by atoms with van der Waals surface area (Å²) in [4.78, 5) is 34.4. The van der Waals surface area contributed by atoms with Gasteiger partial charge in [-0.05, 0) is 60.9 Å². The van der Waals surface area contributed by atoms with Crippen molar-refractivity contribution in [2.75, 3.05) is 36.4 Å². The van der Waals surface area contributed by atoms with E-state index in [1.165, 1.54) is 23.5 Å². The minimum atomic E-state index is -0.275. The van der Waals surface area contributed by atoms with Crippen LogP contribution in [0.4, 0.5) is 15.2 Å². The van der Waals surface area contributed by atoms with Gasteiger partial charge in [-0.25, -0.2) is 13.9 Å². The normalized spacial score (nSPS) is 16.2. The molecule has 8 nitrogen and oxygen atoms in total. The summed E-state index contributed by atoms with van der Waals surface area (Å²) in [5.74, 6) is -0.232. The van der Waals surface area contributed by atoms with Gasteiger partial charge in [0.15, 0.2) is 0 Å². The minimum absolute atomic E-state index is 0.0147. The summed E-state index contributed by atoms with van der Waals surface area (Å²) in [5, 5.41) is 8.46. The molecule has 0 spiro atoms. The molecular weight excluding hydrogens is 467 g/mol. The van der Waals surface area contributed by atoms with Gasteiger partial charge in [0.2, 0.25) is 16.0 Å². The number of aryl methyl sites for hydroxylation is 1. The number of nitrogens with one attached hydrogen (secondary N) is 1. The molecule has 2 aliphatic heterocycles. The Hall–Kier alpha value is -3.79. The number of aromatic nitrogens is 3. The molecule has 2 aromatic carbocycles. The van der Waals surface area contributed by atoms with Gasteiger partial charge in [0.1, 0.15) is 5.82 Å². The summed E-state index contributed by atoms with van der Waals surface area (Å²) in [6.45, 7) is 2.59. The largest absolute Gasteiger partial charge is 0.343 e. The molecule has 178 valence electrons. The van der Waals surface area contributed by atoms with Crippen LogP contribution in [0.15, 0.2) is 48.7 Å². The Morgan fingerprint density at radius 1 is 1.03 bits per heavy atom. The van der Waals surface area contributed by atoms with Crippen LogP contribution in [-0.4, -0.2) is 57.5 Å². The van der Waals surface area contributed by atoms with E-state index in [0.29, 0.717) is 38.2 Å². The average Bonchev–Trinajstić information content (AvgIpc) is 3.39. The van der Waals surface area contributed by atoms with Gasteiger partial charge in [-0.1, -0.05) is 11.3 Å². The highest BCUT2D eigenvalue weighted by Crippen LogP contribution is 2.28. The first-order chi connectivity index (χ1) is 17.0. The number of piperazine rings is 1. The van der Waals surface area contributed by atoms with Crippen LogP contribution in [0.1, 0.15) is 28.8 Å². The second-order valence-corrected chi connectivity index (χ2v) is 9.73. The maximum absolute atomic E-state index is 13.2. The van der Waals surface area contributed by atoms with Crippen molar-refractivity contribution in [3.63, 3.8) is 0 Å². The maximum atomic E-state index is 13.2. The van der Waals surface area contributed by atoms with Gasteiger partial charge < -0.3 is 15.1 Å². The Morgan fingerprint density at radius 2 is 1.83 bits per heavy atom. The van der Waals surface area contributed by atoms with Gasteiger partial charge >= 0.3 is 0 Å². The van der Waals surface area contributed by atoms with Crippen LogP contribution in [-0.2, 0) is 11.2 Å². The van der Waals surface area contributed by atoms with Crippen molar-refractivity contribution in [1.29, 1.82) is 0 Å². The summed E-state index contributed by atoms with van der Waals surface area (Å²) < 4.78 is 14.9. The van der Waals surface area contributed by atoms with Crippen molar-refractivity contribution < 1.29 is 14.0 Å². The fraction of sp³-hybridized carbons (Fsp3) is 0.280. The number of rotatable bonds is 3. The Kier molecular flexibility index (Phi) is 5.44. The number of carbonyl (C=O) groups is 2. The van der Waals surface area contributed by atoms with Gasteiger partial charge in [-0.2, -0.15) is 0 Å². The van der Waals surface area contributed by atoms with E-state index in [4.69, 9.17) is 0 Å². The van der Waals surface area contributed by atoms with Crippen LogP contribution >= 0.6 is 11.3 Å². The highest BCUT2D eigenvalue weighted by molar-refractivity contribution is 7.20. The zero-order chi connectivity index (χ0) is 23.9. The lowest BCUT2D eigenvalue weighted by atomic mass is 10.0. The van der Waals surface area contributed by atoms with E-state index >= 15 is 0 Å². The Morgan fingerprint density at radius 3 is 2.60 bits per heavy atom. The van der Waals surface area contributed by atoms with Crippen molar-refractivity contribution in [2.45, 2.75) is 19.3 Å². The highest BCUT2D eigenvalue weighted by Gasteiger charge is 2.25. The van der Waals surface area contributed by atoms with E-state index in [9.17, 15) is 14.0 Å². The van der Waals surface area contributed by atoms with E-state index in [0.717, 1.165) is 45.4 Å². The molecule has 4 aromatic rings. The Bertz CT molecular complexity index is 1390. The van der Waals surface area contributed by atoms with E-state index < -0.39 is 0 Å². The molecule has 2 aromatic heterocycles. The number of carbonyl (C=O) groups excluding carboxylic acids is 2. The lowest BCUT2D eigenvalue weighted by molar-refractivity contribution is -0.116. The molecule has 2 amide bonds. The SMILES string of the molecule is O=C1CCCc2cc(C(=O)N3CCN(c4nn5cc(-c6ccc(F)cc6)nc5s4)CC3)ccc2N1. The molecule has 10 heteroatoms. The van der Waals surface area contributed by atoms with Crippen molar-refractivity contribution >= 4 is 38.9 Å². The van der Waals surface area contributed by atoms with Crippen molar-refractivity contribution in [3.05, 3.63) is 65.6 Å². The first kappa shape index (κ1) is 21.7. The third-order valence-corrected chi connectivity index (χ3v) is 7.47. The van der Waals surface area contributed by atoms with Crippen molar-refractivity contribution in [2.24, 2.45) is 0 Å². The Balaban J connectivity index is 1.12. The maximum Gasteiger partial charge on any atom is 0.253 e. The fourth-order valence-corrected chi connectivity index (χ4v) is 5.50. The molecule has 1 fully saturated rings. The van der Waals surface area contributed by atoms with E-state index in [1.54, 1.807) is 22.7 Å². The van der Waals surface area contributed by atoms with Crippen LogP contribution in [0.5, 0.6) is 0 Å². The summed E-state index contributed by atoms with van der Waals surface area (Å²) in [5.41, 5.74) is 4.09. The van der Waals surface area contributed by atoms with E-state index in [1.807, 2.05) is 23.2 Å². The summed E-state index contributed by atoms with van der Waals surface area (Å²) in [6, 6.07) is 11.8. The third kappa shape index (κ3) is 4.25. The van der Waals surface area contributed by atoms with Gasteiger partial charge in [-0.15, -0.1) is 5.10 Å². The number of benzene rings is 2. The molecule has 0 bridgehead atoms. The number of hydrogen-bond acceptors (Lipinski definition) is 6. The zero-order valence-corrected chi connectivity index (χ0v) is 19.7. The van der Waals surface area contributed by atoms with Crippen LogP contribution < -0.4 is 10.2 Å². The number of hydrogen-bond donors (Lipinski definition) is 1. The molecule has 0 saturated carbocycles. The van der Waals surface area contributed by atoms with Crippen LogP contribution in [0, 0.1) is 5.82 Å². The smallest absolute Gasteiger partial charge is 0.253 e. The van der Waals surface area contributed by atoms with Crippen LogP contribution in [0.3, 0.4) is 0 Å². The van der Waals surface area contributed by atoms with Crippen LogP contribution in [0.2, 0.25) is 0 Å². The average molecular weight is 491 g/mol. The minimum Gasteiger partial charge on any atom is -0.343 e. The zero-order valence-electron chi connectivity index (χ0n) is 18.9. The Labute approximate surface area is 205 Å². The third-order valence-electron chi connectivity index (χ3n) is 6.49. The molecule has 0 atom stereocenters. The second-order valence-electron chi connectivity index (χ2n) is 8.80. The molecule has 6 rings (SSSR count). The van der Waals surface area contributed by atoms with Gasteiger partial charge in [-0.3, -0.25) is 9.59 Å². The summed E-state index contributed by atoms with van der Waals surface area (Å²) in [7, 11) is 0. The first-order valence-corrected chi connectivity index (χ1v) is 12.4. The molecule has 1 saturated heterocycles. The topological polar surface area (TPSA) is 82.8 Å². The standard InChI is InChI=1S/C25H23FN6O2S/c26-19-7-4-16(5-8-19)21-15-32-24(28-21)35-25(29-32)31-12-10-30(11-13-31)23(34)18-6-9-20-17(14-18)2-1-3-22(33)27-20/h4-9,14-15H,1-3,10-13H2,(H,27,33). The number of halogens is 1. The monoisotopic (exact) mass is 490 g/mol.